The molecule has 20 heavy (non-hydrogen) atoms. The van der Waals surface area contributed by atoms with Crippen LogP contribution in [0, 0.1) is 0 Å². The molecule has 6 nitrogen and oxygen atoms in total. The van der Waals surface area contributed by atoms with E-state index in [1.54, 1.807) is 6.92 Å². The lowest BCUT2D eigenvalue weighted by Gasteiger charge is -2.12. The standard InChI is InChI=1S/C6H11NO2.C5H9NO2.2CH4.FH/c1-4-7(5(2)8)6(3)9;1-4(7)6(3)5(2)8;;;/h4H2,1-3H3;1-3H3;2*1H4;1H. The van der Waals surface area contributed by atoms with Crippen LogP contribution in [0.5, 0.6) is 0 Å². The molecule has 0 aliphatic carbocycles. The number of amides is 4. The van der Waals surface area contributed by atoms with Gasteiger partial charge in [-0.05, 0) is 6.92 Å². The first-order valence-electron chi connectivity index (χ1n) is 5.18. The Kier molecular flexibility index (Phi) is 23.6. The number of hydrogen-bond acceptors (Lipinski definition) is 4. The van der Waals surface area contributed by atoms with Crippen molar-refractivity contribution in [2.75, 3.05) is 13.6 Å². The molecule has 0 aromatic carbocycles. The van der Waals surface area contributed by atoms with Gasteiger partial charge in [-0.3, -0.25) is 33.7 Å². The van der Waals surface area contributed by atoms with Crippen LogP contribution in [0.25, 0.3) is 0 Å². The maximum Gasteiger partial charge on any atom is 0.226 e. The van der Waals surface area contributed by atoms with E-state index in [0.29, 0.717) is 6.54 Å². The molecule has 0 spiro atoms. The van der Waals surface area contributed by atoms with Crippen molar-refractivity contribution in [2.24, 2.45) is 0 Å². The highest BCUT2D eigenvalue weighted by molar-refractivity contribution is 5.93. The molecular weight excluding hydrogens is 267 g/mol. The summed E-state index contributed by atoms with van der Waals surface area (Å²) in [5.74, 6) is -0.829. The minimum Gasteiger partial charge on any atom is -0.286 e. The van der Waals surface area contributed by atoms with Gasteiger partial charge in [0.1, 0.15) is 0 Å². The Morgan fingerprint density at radius 2 is 1.00 bits per heavy atom. The van der Waals surface area contributed by atoms with E-state index in [4.69, 9.17) is 0 Å². The van der Waals surface area contributed by atoms with Gasteiger partial charge >= 0.3 is 0 Å². The molecule has 122 valence electrons. The lowest BCUT2D eigenvalue weighted by molar-refractivity contribution is -0.142. The quantitative estimate of drug-likeness (QED) is 0.740. The monoisotopic (exact) mass is 296 g/mol. The van der Waals surface area contributed by atoms with Crippen molar-refractivity contribution in [1.82, 2.24) is 9.80 Å². The van der Waals surface area contributed by atoms with Crippen molar-refractivity contribution in [3.05, 3.63) is 0 Å². The number of imide groups is 2. The zero-order valence-corrected chi connectivity index (χ0v) is 11.6. The van der Waals surface area contributed by atoms with E-state index in [0.717, 1.165) is 4.90 Å². The van der Waals surface area contributed by atoms with Crippen LogP contribution >= 0.6 is 0 Å². The van der Waals surface area contributed by atoms with Gasteiger partial charge in [-0.2, -0.15) is 0 Å². The predicted molar refractivity (Wildman–Crippen MR) is 78.8 cm³/mol. The molecule has 7 heteroatoms. The Labute approximate surface area is 121 Å². The summed E-state index contributed by atoms with van der Waals surface area (Å²) >= 11 is 0. The molecule has 0 aromatic rings. The molecule has 0 fully saturated rings. The van der Waals surface area contributed by atoms with Crippen molar-refractivity contribution in [1.29, 1.82) is 0 Å². The second-order valence-corrected chi connectivity index (χ2v) is 3.38. The average molecular weight is 296 g/mol. The summed E-state index contributed by atoms with van der Waals surface area (Å²) in [5, 5.41) is 0. The Balaban J connectivity index is -0.0000000655. The van der Waals surface area contributed by atoms with Gasteiger partial charge in [0.2, 0.25) is 23.6 Å². The van der Waals surface area contributed by atoms with Crippen molar-refractivity contribution >= 4 is 23.6 Å². The Morgan fingerprint density at radius 3 is 1.00 bits per heavy atom. The van der Waals surface area contributed by atoms with E-state index >= 15 is 0 Å². The van der Waals surface area contributed by atoms with Gasteiger partial charge in [-0.25, -0.2) is 0 Å². The molecular formula is C13H29FN2O4. The lowest BCUT2D eigenvalue weighted by atomic mass is 10.5. The Bertz CT molecular complexity index is 291. The first-order valence-corrected chi connectivity index (χ1v) is 5.18. The van der Waals surface area contributed by atoms with E-state index in [2.05, 4.69) is 0 Å². The molecule has 0 bridgehead atoms. The number of halogens is 1. The second kappa shape index (κ2) is 15.3. The molecule has 4 amide bonds. The van der Waals surface area contributed by atoms with E-state index in [1.165, 1.54) is 39.6 Å². The van der Waals surface area contributed by atoms with E-state index in [1.807, 2.05) is 0 Å². The molecule has 0 aromatic heterocycles. The highest BCUT2D eigenvalue weighted by Crippen LogP contribution is 1.87. The average Bonchev–Trinajstić information content (AvgIpc) is 2.16. The summed E-state index contributed by atoms with van der Waals surface area (Å²) in [6.07, 6.45) is 0. The fraction of sp³-hybridized carbons (Fsp3) is 0.692. The molecule has 0 N–H and O–H groups in total. The van der Waals surface area contributed by atoms with Crippen molar-refractivity contribution in [2.45, 2.75) is 49.5 Å². The first-order chi connectivity index (χ1) is 7.64. The summed E-state index contributed by atoms with van der Waals surface area (Å²) in [7, 11) is 1.45. The van der Waals surface area contributed by atoms with Crippen LogP contribution in [0.15, 0.2) is 0 Å². The van der Waals surface area contributed by atoms with Gasteiger partial charge in [0, 0.05) is 41.3 Å². The molecule has 0 saturated heterocycles. The van der Waals surface area contributed by atoms with Crippen LogP contribution in [-0.4, -0.2) is 47.0 Å². The van der Waals surface area contributed by atoms with Crippen LogP contribution in [0.2, 0.25) is 0 Å². The molecule has 0 atom stereocenters. The highest BCUT2D eigenvalue weighted by Gasteiger charge is 2.08. The number of hydrogen-bond donors (Lipinski definition) is 0. The van der Waals surface area contributed by atoms with Crippen LogP contribution in [0.3, 0.4) is 0 Å². The van der Waals surface area contributed by atoms with Crippen LogP contribution in [0.1, 0.15) is 49.5 Å². The Morgan fingerprint density at radius 1 is 0.750 bits per heavy atom. The normalized spacial score (nSPS) is 7.30. The fourth-order valence-electron chi connectivity index (χ4n) is 0.889. The lowest BCUT2D eigenvalue weighted by Crippen LogP contribution is -2.32. The van der Waals surface area contributed by atoms with E-state index < -0.39 is 0 Å². The molecule has 0 unspecified atom stereocenters. The van der Waals surface area contributed by atoms with Crippen molar-refractivity contribution < 1.29 is 23.9 Å². The first kappa shape index (κ1) is 30.9. The number of carbonyl (C=O) groups excluding carboxylic acids is 4. The maximum absolute atomic E-state index is 10.5. The molecule has 0 radical (unpaired) electrons. The minimum atomic E-state index is -0.225. The van der Waals surface area contributed by atoms with Crippen molar-refractivity contribution in [3.8, 4) is 0 Å². The largest absolute Gasteiger partial charge is 0.286 e. The van der Waals surface area contributed by atoms with Gasteiger partial charge in [0.15, 0.2) is 0 Å². The second-order valence-electron chi connectivity index (χ2n) is 3.38. The summed E-state index contributed by atoms with van der Waals surface area (Å²) in [6.45, 7) is 7.69. The summed E-state index contributed by atoms with van der Waals surface area (Å²) in [4.78, 5) is 43.9. The van der Waals surface area contributed by atoms with Gasteiger partial charge in [-0.15, -0.1) is 0 Å². The van der Waals surface area contributed by atoms with E-state index in [-0.39, 0.29) is 43.2 Å². The van der Waals surface area contributed by atoms with Crippen LogP contribution in [0.4, 0.5) is 4.70 Å². The van der Waals surface area contributed by atoms with Gasteiger partial charge in [-0.1, -0.05) is 14.9 Å². The third-order valence-corrected chi connectivity index (χ3v) is 2.02. The summed E-state index contributed by atoms with van der Waals surface area (Å²) in [5.41, 5.74) is 0. The SMILES string of the molecule is C.C.CC(=O)N(C)C(C)=O.CCN(C(C)=O)C(C)=O.F. The maximum atomic E-state index is 10.5. The zero-order valence-electron chi connectivity index (χ0n) is 11.6. The van der Waals surface area contributed by atoms with Gasteiger partial charge < -0.3 is 0 Å². The molecule has 0 aliphatic heterocycles. The molecule has 0 rings (SSSR count). The fourth-order valence-corrected chi connectivity index (χ4v) is 0.889. The topological polar surface area (TPSA) is 74.8 Å². The molecule has 0 aliphatic rings. The Hall–Kier alpha value is -1.79. The third-order valence-electron chi connectivity index (χ3n) is 2.02. The van der Waals surface area contributed by atoms with Gasteiger partial charge in [0.05, 0.1) is 0 Å². The smallest absolute Gasteiger partial charge is 0.226 e. The number of nitrogens with zero attached hydrogens (tertiary/aromatic N) is 2. The zero-order chi connectivity index (χ0) is 14.2. The predicted octanol–water partition coefficient (Wildman–Crippen LogP) is 1.84. The minimum absolute atomic E-state index is 0. The molecule has 0 heterocycles. The number of rotatable bonds is 1. The third kappa shape index (κ3) is 14.3. The van der Waals surface area contributed by atoms with Crippen LogP contribution in [-0.2, 0) is 19.2 Å². The number of carbonyl (C=O) groups is 4. The van der Waals surface area contributed by atoms with Crippen LogP contribution < -0.4 is 0 Å². The summed E-state index contributed by atoms with van der Waals surface area (Å²) < 4.78 is 0. The van der Waals surface area contributed by atoms with Crippen molar-refractivity contribution in [3.63, 3.8) is 0 Å². The van der Waals surface area contributed by atoms with Gasteiger partial charge in [0.25, 0.3) is 0 Å². The summed E-state index contributed by atoms with van der Waals surface area (Å²) in [6, 6.07) is 0. The molecule has 0 saturated carbocycles. The highest BCUT2D eigenvalue weighted by atomic mass is 19.0. The van der Waals surface area contributed by atoms with E-state index in [9.17, 15) is 19.2 Å².